The van der Waals surface area contributed by atoms with Gasteiger partial charge in [-0.05, 0) is 62.3 Å². The first-order chi connectivity index (χ1) is 13.6. The molecule has 0 unspecified atom stereocenters. The van der Waals surface area contributed by atoms with Crippen LogP contribution in [0.5, 0.6) is 0 Å². The van der Waals surface area contributed by atoms with Crippen LogP contribution in [-0.4, -0.2) is 20.7 Å². The topological polar surface area (TPSA) is 59.8 Å². The largest absolute Gasteiger partial charge is 0.310 e. The minimum absolute atomic E-state index is 0.0541. The maximum atomic E-state index is 12.6. The summed E-state index contributed by atoms with van der Waals surface area (Å²) in [6, 6.07) is 14.2. The highest BCUT2D eigenvalue weighted by molar-refractivity contribution is 5.91. The molecule has 1 amide bonds. The molecule has 1 saturated carbocycles. The van der Waals surface area contributed by atoms with Gasteiger partial charge in [-0.1, -0.05) is 30.3 Å². The predicted molar refractivity (Wildman–Crippen MR) is 110 cm³/mol. The zero-order valence-corrected chi connectivity index (χ0v) is 16.5. The fraction of sp³-hybridized carbons (Fsp3) is 0.348. The molecule has 3 aromatic rings. The van der Waals surface area contributed by atoms with Gasteiger partial charge in [0, 0.05) is 24.0 Å². The maximum absolute atomic E-state index is 12.6. The van der Waals surface area contributed by atoms with E-state index >= 15 is 0 Å². The van der Waals surface area contributed by atoms with Gasteiger partial charge in [0.1, 0.15) is 5.82 Å². The summed E-state index contributed by atoms with van der Waals surface area (Å²) in [5.74, 6) is 1.30. The number of hydrogen-bond acceptors (Lipinski definition) is 3. The Hall–Kier alpha value is -2.95. The lowest BCUT2D eigenvalue weighted by Crippen LogP contribution is -2.16. The molecule has 1 fully saturated rings. The molecule has 2 heterocycles. The van der Waals surface area contributed by atoms with Gasteiger partial charge >= 0.3 is 0 Å². The molecule has 0 aliphatic heterocycles. The number of amides is 1. The predicted octanol–water partition coefficient (Wildman–Crippen LogP) is 4.08. The van der Waals surface area contributed by atoms with Crippen molar-refractivity contribution >= 4 is 11.7 Å². The minimum Gasteiger partial charge on any atom is -0.310 e. The number of carbonyl (C=O) groups excluding carboxylic acids is 1. The van der Waals surface area contributed by atoms with Crippen molar-refractivity contribution < 1.29 is 4.79 Å². The number of aromatic nitrogens is 3. The van der Waals surface area contributed by atoms with Gasteiger partial charge in [-0.3, -0.25) is 9.48 Å². The van der Waals surface area contributed by atoms with Crippen molar-refractivity contribution in [1.82, 2.24) is 14.8 Å². The lowest BCUT2D eigenvalue weighted by molar-refractivity contribution is -0.115. The highest BCUT2D eigenvalue weighted by Gasteiger charge is 2.24. The van der Waals surface area contributed by atoms with Crippen molar-refractivity contribution in [3.63, 3.8) is 0 Å². The molecule has 0 atom stereocenters. The van der Waals surface area contributed by atoms with Crippen molar-refractivity contribution in [1.29, 1.82) is 0 Å². The van der Waals surface area contributed by atoms with E-state index in [0.29, 0.717) is 12.2 Å². The van der Waals surface area contributed by atoms with Crippen LogP contribution >= 0.6 is 0 Å². The summed E-state index contributed by atoms with van der Waals surface area (Å²) < 4.78 is 2.06. The average molecular weight is 374 g/mol. The summed E-state index contributed by atoms with van der Waals surface area (Å²) in [7, 11) is 0. The van der Waals surface area contributed by atoms with Crippen molar-refractivity contribution in [2.75, 3.05) is 5.32 Å². The van der Waals surface area contributed by atoms with E-state index in [2.05, 4.69) is 39.1 Å². The summed E-state index contributed by atoms with van der Waals surface area (Å²) in [5, 5.41) is 7.58. The van der Waals surface area contributed by atoms with Gasteiger partial charge in [0.05, 0.1) is 12.1 Å². The number of nitrogens with zero attached hydrogens (tertiary/aromatic N) is 3. The summed E-state index contributed by atoms with van der Waals surface area (Å²) >= 11 is 0. The molecule has 5 heteroatoms. The van der Waals surface area contributed by atoms with E-state index in [1.54, 1.807) is 6.20 Å². The van der Waals surface area contributed by atoms with Crippen LogP contribution in [0.25, 0.3) is 0 Å². The quantitative estimate of drug-likeness (QED) is 0.678. The average Bonchev–Trinajstić information content (AvgIpc) is 3.46. The van der Waals surface area contributed by atoms with Gasteiger partial charge in [0.2, 0.25) is 5.91 Å². The molecule has 0 spiro atoms. The van der Waals surface area contributed by atoms with Gasteiger partial charge in [-0.2, -0.15) is 5.10 Å². The van der Waals surface area contributed by atoms with Gasteiger partial charge in [0.25, 0.3) is 0 Å². The Balaban J connectivity index is 1.41. The third kappa shape index (κ3) is 4.47. The van der Waals surface area contributed by atoms with Crippen molar-refractivity contribution in [3.05, 3.63) is 76.7 Å². The first-order valence-corrected chi connectivity index (χ1v) is 9.90. The van der Waals surface area contributed by atoms with E-state index in [1.807, 2.05) is 37.3 Å². The van der Waals surface area contributed by atoms with E-state index in [-0.39, 0.29) is 5.91 Å². The normalized spacial score (nSPS) is 13.5. The Morgan fingerprint density at radius 2 is 1.93 bits per heavy atom. The van der Waals surface area contributed by atoms with Crippen LogP contribution in [0, 0.1) is 19.8 Å². The molecule has 1 aromatic carbocycles. The molecule has 5 nitrogen and oxygen atoms in total. The smallest absolute Gasteiger partial charge is 0.230 e. The fourth-order valence-corrected chi connectivity index (χ4v) is 3.54. The molecule has 0 saturated heterocycles. The standard InChI is InChI=1S/C23H26N4O/c1-16-21(17(2)27(26-16)15-19-8-9-19)14-23(28)25-22-13-20(10-11-24-22)12-18-6-4-3-5-7-18/h3-7,10-11,13,19H,8-9,12,14-15H2,1-2H3,(H,24,25,28). The molecular weight excluding hydrogens is 348 g/mol. The van der Waals surface area contributed by atoms with Crippen molar-refractivity contribution in [2.45, 2.75) is 46.1 Å². The van der Waals surface area contributed by atoms with Crippen LogP contribution in [0.4, 0.5) is 5.82 Å². The van der Waals surface area contributed by atoms with E-state index < -0.39 is 0 Å². The number of anilines is 1. The fourth-order valence-electron chi connectivity index (χ4n) is 3.54. The number of benzene rings is 1. The number of aryl methyl sites for hydroxylation is 1. The molecule has 1 aliphatic rings. The maximum Gasteiger partial charge on any atom is 0.230 e. The SMILES string of the molecule is Cc1nn(CC2CC2)c(C)c1CC(=O)Nc1cc(Cc2ccccc2)ccn1. The lowest BCUT2D eigenvalue weighted by atomic mass is 10.1. The second kappa shape index (κ2) is 7.97. The number of pyridine rings is 1. The second-order valence-corrected chi connectivity index (χ2v) is 7.71. The van der Waals surface area contributed by atoms with E-state index in [1.165, 1.54) is 18.4 Å². The van der Waals surface area contributed by atoms with Crippen LogP contribution < -0.4 is 5.32 Å². The first-order valence-electron chi connectivity index (χ1n) is 9.90. The van der Waals surface area contributed by atoms with Crippen molar-refractivity contribution in [3.8, 4) is 0 Å². The van der Waals surface area contributed by atoms with Gasteiger partial charge in [0.15, 0.2) is 0 Å². The Kier molecular flexibility index (Phi) is 5.24. The summed E-state index contributed by atoms with van der Waals surface area (Å²) in [6.07, 6.45) is 5.47. The Morgan fingerprint density at radius 3 is 2.68 bits per heavy atom. The molecule has 144 valence electrons. The molecule has 4 rings (SSSR count). The van der Waals surface area contributed by atoms with E-state index in [4.69, 9.17) is 0 Å². The third-order valence-corrected chi connectivity index (χ3v) is 5.34. The zero-order valence-electron chi connectivity index (χ0n) is 16.5. The van der Waals surface area contributed by atoms with Crippen LogP contribution in [0.3, 0.4) is 0 Å². The Morgan fingerprint density at radius 1 is 1.14 bits per heavy atom. The Bertz CT molecular complexity index is 974. The molecule has 2 aromatic heterocycles. The van der Waals surface area contributed by atoms with Gasteiger partial charge in [-0.25, -0.2) is 4.98 Å². The van der Waals surface area contributed by atoms with Crippen LogP contribution in [0.1, 0.15) is 40.9 Å². The minimum atomic E-state index is -0.0541. The summed E-state index contributed by atoms with van der Waals surface area (Å²) in [4.78, 5) is 16.9. The van der Waals surface area contributed by atoms with E-state index in [9.17, 15) is 4.79 Å². The lowest BCUT2D eigenvalue weighted by Gasteiger charge is -2.08. The zero-order chi connectivity index (χ0) is 19.5. The highest BCUT2D eigenvalue weighted by atomic mass is 16.1. The van der Waals surface area contributed by atoms with Crippen molar-refractivity contribution in [2.24, 2.45) is 5.92 Å². The number of rotatable bonds is 7. The van der Waals surface area contributed by atoms with Gasteiger partial charge < -0.3 is 5.32 Å². The molecule has 28 heavy (non-hydrogen) atoms. The molecular formula is C23H26N4O. The number of nitrogens with one attached hydrogen (secondary N) is 1. The molecule has 1 aliphatic carbocycles. The Labute approximate surface area is 165 Å². The van der Waals surface area contributed by atoms with Crippen LogP contribution in [0.15, 0.2) is 48.7 Å². The monoisotopic (exact) mass is 374 g/mol. The van der Waals surface area contributed by atoms with Crippen LogP contribution in [0.2, 0.25) is 0 Å². The molecule has 0 bridgehead atoms. The second-order valence-electron chi connectivity index (χ2n) is 7.71. The number of carbonyl (C=O) groups is 1. The highest BCUT2D eigenvalue weighted by Crippen LogP contribution is 2.31. The molecule has 1 N–H and O–H groups in total. The first kappa shape index (κ1) is 18.4. The third-order valence-electron chi connectivity index (χ3n) is 5.34. The van der Waals surface area contributed by atoms with Gasteiger partial charge in [-0.15, -0.1) is 0 Å². The summed E-state index contributed by atoms with van der Waals surface area (Å²) in [6.45, 7) is 5.01. The summed E-state index contributed by atoms with van der Waals surface area (Å²) in [5.41, 5.74) is 5.43. The number of hydrogen-bond donors (Lipinski definition) is 1. The van der Waals surface area contributed by atoms with Crippen LogP contribution in [-0.2, 0) is 24.2 Å². The molecule has 0 radical (unpaired) electrons. The van der Waals surface area contributed by atoms with E-state index in [0.717, 1.165) is 41.4 Å².